The molecule has 1 heterocycles. The lowest BCUT2D eigenvalue weighted by Crippen LogP contribution is -2.41. The minimum Gasteiger partial charge on any atom is -0.342 e. The molecule has 1 saturated heterocycles. The van der Waals surface area contributed by atoms with Crippen LogP contribution in [0.15, 0.2) is 18.2 Å². The van der Waals surface area contributed by atoms with E-state index in [0.717, 1.165) is 31.0 Å². The monoisotopic (exact) mass is 360 g/mol. The number of anilines is 1. The summed E-state index contributed by atoms with van der Waals surface area (Å²) in [6, 6.07) is 2.72. The molecule has 1 aromatic carbocycles. The van der Waals surface area contributed by atoms with Gasteiger partial charge >= 0.3 is 6.18 Å². The van der Waals surface area contributed by atoms with Gasteiger partial charge in [0.15, 0.2) is 0 Å². The maximum absolute atomic E-state index is 12.8. The molecule has 1 N–H and O–H groups in total. The predicted molar refractivity (Wildman–Crippen MR) is 82.6 cm³/mol. The van der Waals surface area contributed by atoms with E-state index in [1.807, 2.05) is 0 Å². The summed E-state index contributed by atoms with van der Waals surface area (Å²) in [6.07, 6.45) is -1.91. The van der Waals surface area contributed by atoms with Crippen LogP contribution in [-0.2, 0) is 15.8 Å². The smallest absolute Gasteiger partial charge is 0.342 e. The highest BCUT2D eigenvalue weighted by Crippen LogP contribution is 2.49. The molecule has 8 heteroatoms. The summed E-state index contributed by atoms with van der Waals surface area (Å²) in [5.74, 6) is -0.818. The number of carbonyl (C=O) groups is 2. The number of rotatable bonds is 3. The van der Waals surface area contributed by atoms with Crippen LogP contribution in [0.1, 0.15) is 31.2 Å². The number of likely N-dealkylation sites (tertiary alicyclic amines) is 1. The molecule has 1 aliphatic carbocycles. The third kappa shape index (κ3) is 3.09. The summed E-state index contributed by atoms with van der Waals surface area (Å²) in [4.78, 5) is 26.7. The van der Waals surface area contributed by atoms with E-state index in [1.165, 1.54) is 0 Å². The van der Waals surface area contributed by atoms with Gasteiger partial charge in [0, 0.05) is 13.1 Å². The summed E-state index contributed by atoms with van der Waals surface area (Å²) >= 11 is 5.89. The molecule has 0 atom stereocenters. The van der Waals surface area contributed by atoms with Crippen molar-refractivity contribution < 1.29 is 22.8 Å². The highest BCUT2D eigenvalue weighted by Gasteiger charge is 2.58. The Morgan fingerprint density at radius 3 is 2.33 bits per heavy atom. The number of amides is 2. The lowest BCUT2D eigenvalue weighted by Gasteiger charge is -2.22. The van der Waals surface area contributed by atoms with Gasteiger partial charge in [-0.1, -0.05) is 11.6 Å². The van der Waals surface area contributed by atoms with E-state index in [9.17, 15) is 22.8 Å². The van der Waals surface area contributed by atoms with Crippen LogP contribution in [0.25, 0.3) is 0 Å². The predicted octanol–water partition coefficient (Wildman–Crippen LogP) is 3.70. The molecule has 24 heavy (non-hydrogen) atoms. The van der Waals surface area contributed by atoms with Crippen LogP contribution in [0.4, 0.5) is 18.9 Å². The lowest BCUT2D eigenvalue weighted by molar-refractivity contribution is -0.141. The fraction of sp³-hybridized carbons (Fsp3) is 0.500. The van der Waals surface area contributed by atoms with Gasteiger partial charge in [-0.25, -0.2) is 0 Å². The third-order valence-corrected chi connectivity index (χ3v) is 4.86. The SMILES string of the molecule is O=C(Nc1cc(C(F)(F)F)ccc1Cl)C1(C(=O)N2CCCC2)CC1. The highest BCUT2D eigenvalue weighted by atomic mass is 35.5. The fourth-order valence-electron chi connectivity index (χ4n) is 2.93. The van der Waals surface area contributed by atoms with E-state index >= 15 is 0 Å². The fourth-order valence-corrected chi connectivity index (χ4v) is 3.09. The van der Waals surface area contributed by atoms with Gasteiger partial charge < -0.3 is 10.2 Å². The Hall–Kier alpha value is -1.76. The second-order valence-corrected chi connectivity index (χ2v) is 6.64. The summed E-state index contributed by atoms with van der Waals surface area (Å²) in [5, 5.41) is 2.41. The number of carbonyl (C=O) groups excluding carboxylic acids is 2. The number of hydrogen-bond donors (Lipinski definition) is 1. The first-order chi connectivity index (χ1) is 11.2. The van der Waals surface area contributed by atoms with E-state index in [1.54, 1.807) is 4.90 Å². The molecular formula is C16H16ClF3N2O2. The second-order valence-electron chi connectivity index (χ2n) is 6.23. The molecule has 1 saturated carbocycles. The topological polar surface area (TPSA) is 49.4 Å². The summed E-state index contributed by atoms with van der Waals surface area (Å²) in [6.45, 7) is 1.25. The van der Waals surface area contributed by atoms with Gasteiger partial charge in [0.2, 0.25) is 11.8 Å². The van der Waals surface area contributed by atoms with Gasteiger partial charge in [0.05, 0.1) is 16.3 Å². The normalized spacial score (nSPS) is 19.2. The number of halogens is 4. The van der Waals surface area contributed by atoms with Crippen molar-refractivity contribution in [2.45, 2.75) is 31.9 Å². The van der Waals surface area contributed by atoms with Gasteiger partial charge in [-0.2, -0.15) is 13.2 Å². The number of alkyl halides is 3. The molecule has 0 unspecified atom stereocenters. The Morgan fingerprint density at radius 2 is 1.79 bits per heavy atom. The Labute approximate surface area is 142 Å². The van der Waals surface area contributed by atoms with Crippen LogP contribution in [0, 0.1) is 5.41 Å². The van der Waals surface area contributed by atoms with E-state index in [0.29, 0.717) is 25.9 Å². The van der Waals surface area contributed by atoms with Gasteiger partial charge in [-0.15, -0.1) is 0 Å². The molecule has 1 aromatic rings. The molecule has 2 aliphatic rings. The quantitative estimate of drug-likeness (QED) is 0.836. The third-order valence-electron chi connectivity index (χ3n) is 4.53. The molecule has 2 amide bonds. The summed E-state index contributed by atoms with van der Waals surface area (Å²) in [5.41, 5.74) is -2.18. The van der Waals surface area contributed by atoms with Crippen molar-refractivity contribution in [1.29, 1.82) is 0 Å². The Morgan fingerprint density at radius 1 is 1.17 bits per heavy atom. The first-order valence-corrected chi connectivity index (χ1v) is 8.09. The summed E-state index contributed by atoms with van der Waals surface area (Å²) < 4.78 is 38.4. The number of nitrogens with zero attached hydrogens (tertiary/aromatic N) is 1. The van der Waals surface area contributed by atoms with Gasteiger partial charge in [-0.3, -0.25) is 9.59 Å². The van der Waals surface area contributed by atoms with Crippen LogP contribution in [0.3, 0.4) is 0 Å². The molecule has 3 rings (SSSR count). The van der Waals surface area contributed by atoms with Crippen molar-refractivity contribution >= 4 is 29.1 Å². The zero-order valence-electron chi connectivity index (χ0n) is 12.8. The minimum absolute atomic E-state index is 0.000714. The van der Waals surface area contributed by atoms with Crippen molar-refractivity contribution in [2.24, 2.45) is 5.41 Å². The van der Waals surface area contributed by atoms with Crippen molar-refractivity contribution in [3.05, 3.63) is 28.8 Å². The molecule has 4 nitrogen and oxygen atoms in total. The summed E-state index contributed by atoms with van der Waals surface area (Å²) in [7, 11) is 0. The van der Waals surface area contributed by atoms with E-state index in [-0.39, 0.29) is 16.6 Å². The minimum atomic E-state index is -4.54. The van der Waals surface area contributed by atoms with Crippen molar-refractivity contribution in [2.75, 3.05) is 18.4 Å². The number of nitrogens with one attached hydrogen (secondary N) is 1. The average molecular weight is 361 g/mol. The lowest BCUT2D eigenvalue weighted by atomic mass is 10.0. The average Bonchev–Trinajstić information content (AvgIpc) is 3.15. The van der Waals surface area contributed by atoms with Crippen LogP contribution >= 0.6 is 11.6 Å². The Bertz CT molecular complexity index is 680. The zero-order valence-corrected chi connectivity index (χ0v) is 13.5. The first-order valence-electron chi connectivity index (χ1n) is 7.72. The molecule has 0 aromatic heterocycles. The molecule has 1 aliphatic heterocycles. The van der Waals surface area contributed by atoms with E-state index in [4.69, 9.17) is 11.6 Å². The molecule has 2 fully saturated rings. The van der Waals surface area contributed by atoms with E-state index in [2.05, 4.69) is 5.32 Å². The highest BCUT2D eigenvalue weighted by molar-refractivity contribution is 6.34. The molecular weight excluding hydrogens is 345 g/mol. The Kier molecular flexibility index (Phi) is 4.23. The standard InChI is InChI=1S/C16H16ClF3N2O2/c17-11-4-3-10(16(18,19)20)9-12(11)21-13(23)15(5-6-15)14(24)22-7-1-2-8-22/h3-4,9H,1-2,5-8H2,(H,21,23). The van der Waals surface area contributed by atoms with Crippen LogP contribution in [0.2, 0.25) is 5.02 Å². The van der Waals surface area contributed by atoms with Crippen LogP contribution in [0.5, 0.6) is 0 Å². The molecule has 0 bridgehead atoms. The maximum atomic E-state index is 12.8. The van der Waals surface area contributed by atoms with Crippen LogP contribution < -0.4 is 5.32 Å². The Balaban J connectivity index is 1.78. The van der Waals surface area contributed by atoms with Gasteiger partial charge in [0.25, 0.3) is 0 Å². The largest absolute Gasteiger partial charge is 0.416 e. The number of hydrogen-bond acceptors (Lipinski definition) is 2. The maximum Gasteiger partial charge on any atom is 0.416 e. The molecule has 0 radical (unpaired) electrons. The number of benzene rings is 1. The molecule has 0 spiro atoms. The van der Waals surface area contributed by atoms with Gasteiger partial charge in [0.1, 0.15) is 5.41 Å². The first kappa shape index (κ1) is 17.1. The van der Waals surface area contributed by atoms with Gasteiger partial charge in [-0.05, 0) is 43.9 Å². The van der Waals surface area contributed by atoms with Crippen molar-refractivity contribution in [3.8, 4) is 0 Å². The van der Waals surface area contributed by atoms with Crippen LogP contribution in [-0.4, -0.2) is 29.8 Å². The van der Waals surface area contributed by atoms with E-state index < -0.39 is 23.1 Å². The zero-order chi connectivity index (χ0) is 17.5. The second kappa shape index (κ2) is 5.95. The van der Waals surface area contributed by atoms with Crippen molar-refractivity contribution in [3.63, 3.8) is 0 Å². The molecule has 130 valence electrons. The van der Waals surface area contributed by atoms with Crippen molar-refractivity contribution in [1.82, 2.24) is 4.90 Å².